The first-order chi connectivity index (χ1) is 18.7. The van der Waals surface area contributed by atoms with Crippen LogP contribution in [0, 0.1) is 32.5 Å². The zero-order valence-corrected chi connectivity index (χ0v) is 25.5. The molecular formula is C33H44FNO5. The van der Waals surface area contributed by atoms with E-state index in [-0.39, 0.29) is 18.9 Å². The number of hydrogen-bond donors (Lipinski definition) is 0. The van der Waals surface area contributed by atoms with Crippen molar-refractivity contribution < 1.29 is 28.2 Å². The number of amides is 1. The van der Waals surface area contributed by atoms with Crippen molar-refractivity contribution in [2.24, 2.45) is 5.92 Å². The van der Waals surface area contributed by atoms with Crippen LogP contribution < -0.4 is 4.74 Å². The fourth-order valence-corrected chi connectivity index (χ4v) is 6.15. The molecule has 1 atom stereocenters. The van der Waals surface area contributed by atoms with Gasteiger partial charge in [0.05, 0.1) is 25.2 Å². The lowest BCUT2D eigenvalue weighted by Gasteiger charge is -2.36. The Morgan fingerprint density at radius 1 is 1.10 bits per heavy atom. The molecule has 2 aromatic rings. The fraction of sp³-hybridized carbons (Fsp3) is 0.576. The van der Waals surface area contributed by atoms with Crippen molar-refractivity contribution in [3.05, 3.63) is 50.8 Å². The van der Waals surface area contributed by atoms with Crippen molar-refractivity contribution >= 4 is 11.9 Å². The van der Waals surface area contributed by atoms with Gasteiger partial charge < -0.3 is 19.1 Å². The van der Waals surface area contributed by atoms with Crippen molar-refractivity contribution in [2.45, 2.75) is 99.8 Å². The molecule has 0 saturated heterocycles. The second kappa shape index (κ2) is 11.5. The molecule has 1 amide bonds. The number of fused-ring (bicyclic) bond motifs is 2. The van der Waals surface area contributed by atoms with Crippen LogP contribution in [-0.2, 0) is 38.4 Å². The summed E-state index contributed by atoms with van der Waals surface area (Å²) in [6, 6.07) is 1.54. The second-order valence-corrected chi connectivity index (χ2v) is 12.5. The monoisotopic (exact) mass is 553 g/mol. The average molecular weight is 554 g/mol. The summed E-state index contributed by atoms with van der Waals surface area (Å²) in [7, 11) is 0. The Hall–Kier alpha value is -2.93. The van der Waals surface area contributed by atoms with Gasteiger partial charge in [0.1, 0.15) is 0 Å². The first kappa shape index (κ1) is 30.0. The van der Waals surface area contributed by atoms with Crippen LogP contribution in [0.15, 0.2) is 6.07 Å². The summed E-state index contributed by atoms with van der Waals surface area (Å²) in [5.74, 6) is -0.180. The van der Waals surface area contributed by atoms with Gasteiger partial charge in [-0.05, 0) is 112 Å². The van der Waals surface area contributed by atoms with E-state index >= 15 is 4.39 Å². The van der Waals surface area contributed by atoms with Crippen molar-refractivity contribution in [3.8, 4) is 16.9 Å². The van der Waals surface area contributed by atoms with E-state index in [1.165, 1.54) is 6.07 Å². The second-order valence-electron chi connectivity index (χ2n) is 12.5. The predicted molar refractivity (Wildman–Crippen MR) is 154 cm³/mol. The van der Waals surface area contributed by atoms with Crippen LogP contribution in [0.1, 0.15) is 93.0 Å². The summed E-state index contributed by atoms with van der Waals surface area (Å²) >= 11 is 0. The van der Waals surface area contributed by atoms with Crippen molar-refractivity contribution in [1.29, 1.82) is 0 Å². The third-order valence-electron chi connectivity index (χ3n) is 7.87. The maximum absolute atomic E-state index is 15.6. The molecule has 40 heavy (non-hydrogen) atoms. The smallest absolute Gasteiger partial charge is 0.339 e. The summed E-state index contributed by atoms with van der Waals surface area (Å²) in [5.41, 5.74) is 7.02. The minimum atomic E-state index is -1.04. The molecule has 2 aromatic carbocycles. The van der Waals surface area contributed by atoms with Crippen LogP contribution in [0.4, 0.5) is 4.39 Å². The van der Waals surface area contributed by atoms with E-state index < -0.39 is 23.5 Å². The van der Waals surface area contributed by atoms with Gasteiger partial charge in [0, 0.05) is 24.2 Å². The molecule has 1 unspecified atom stereocenters. The summed E-state index contributed by atoms with van der Waals surface area (Å²) in [4.78, 5) is 28.7. The molecule has 0 aliphatic carbocycles. The number of rotatable bonds is 7. The maximum atomic E-state index is 15.6. The number of nitrogens with zero attached hydrogens (tertiary/aromatic N) is 1. The van der Waals surface area contributed by atoms with E-state index in [0.717, 1.165) is 57.3 Å². The lowest BCUT2D eigenvalue weighted by molar-refractivity contribution is -0.166. The highest BCUT2D eigenvalue weighted by Crippen LogP contribution is 2.46. The van der Waals surface area contributed by atoms with Crippen molar-refractivity contribution in [1.82, 2.24) is 4.90 Å². The number of hydrogen-bond acceptors (Lipinski definition) is 5. The van der Waals surface area contributed by atoms with Gasteiger partial charge in [-0.25, -0.2) is 9.18 Å². The lowest BCUT2D eigenvalue weighted by Crippen LogP contribution is -2.40. The Bertz CT molecular complexity index is 1320. The van der Waals surface area contributed by atoms with Crippen LogP contribution >= 0.6 is 0 Å². The molecule has 0 spiro atoms. The highest BCUT2D eigenvalue weighted by molar-refractivity contribution is 5.89. The highest BCUT2D eigenvalue weighted by Gasteiger charge is 2.37. The van der Waals surface area contributed by atoms with E-state index in [9.17, 15) is 9.59 Å². The predicted octanol–water partition coefficient (Wildman–Crippen LogP) is 6.70. The van der Waals surface area contributed by atoms with E-state index in [2.05, 4.69) is 13.8 Å². The molecule has 0 bridgehead atoms. The molecular weight excluding hydrogens is 509 g/mol. The molecule has 2 aliphatic heterocycles. The minimum Gasteiger partial charge on any atom is -0.490 e. The van der Waals surface area contributed by atoms with Gasteiger partial charge in [-0.3, -0.25) is 4.79 Å². The van der Waals surface area contributed by atoms with E-state index in [1.54, 1.807) is 6.92 Å². The quantitative estimate of drug-likeness (QED) is 0.357. The highest BCUT2D eigenvalue weighted by atomic mass is 19.1. The van der Waals surface area contributed by atoms with E-state index in [1.807, 2.05) is 46.4 Å². The zero-order valence-electron chi connectivity index (χ0n) is 25.5. The number of benzene rings is 2. The number of halogens is 1. The van der Waals surface area contributed by atoms with E-state index in [0.29, 0.717) is 36.9 Å². The van der Waals surface area contributed by atoms with Gasteiger partial charge in [-0.15, -0.1) is 0 Å². The molecule has 0 fully saturated rings. The molecule has 7 heteroatoms. The Labute approximate surface area is 238 Å². The fourth-order valence-electron chi connectivity index (χ4n) is 6.15. The number of ether oxygens (including phenoxy) is 3. The zero-order chi connectivity index (χ0) is 29.5. The summed E-state index contributed by atoms with van der Waals surface area (Å²) in [5, 5.41) is 0. The molecule has 6 nitrogen and oxygen atoms in total. The molecule has 4 rings (SSSR count). The summed E-state index contributed by atoms with van der Waals surface area (Å²) in [6.07, 6.45) is 0.743. The van der Waals surface area contributed by atoms with Crippen LogP contribution in [0.25, 0.3) is 11.1 Å². The first-order valence-corrected chi connectivity index (χ1v) is 14.5. The van der Waals surface area contributed by atoms with Gasteiger partial charge >= 0.3 is 5.97 Å². The normalized spacial score (nSPS) is 16.0. The average Bonchev–Trinajstić information content (AvgIpc) is 2.87. The first-order valence-electron chi connectivity index (χ1n) is 14.5. The molecule has 0 saturated carbocycles. The van der Waals surface area contributed by atoms with E-state index in [4.69, 9.17) is 14.2 Å². The van der Waals surface area contributed by atoms with Gasteiger partial charge in [-0.2, -0.15) is 0 Å². The largest absolute Gasteiger partial charge is 0.490 e. The number of carbonyl (C=O) groups excluding carboxylic acids is 2. The van der Waals surface area contributed by atoms with Crippen molar-refractivity contribution in [2.75, 3.05) is 19.8 Å². The van der Waals surface area contributed by atoms with Gasteiger partial charge in [-0.1, -0.05) is 13.8 Å². The van der Waals surface area contributed by atoms with Crippen LogP contribution in [0.5, 0.6) is 5.75 Å². The Morgan fingerprint density at radius 3 is 2.42 bits per heavy atom. The third kappa shape index (κ3) is 5.76. The maximum Gasteiger partial charge on any atom is 0.339 e. The molecule has 0 N–H and O–H groups in total. The van der Waals surface area contributed by atoms with Crippen LogP contribution in [-0.4, -0.2) is 42.1 Å². The Kier molecular flexibility index (Phi) is 8.65. The van der Waals surface area contributed by atoms with Crippen molar-refractivity contribution in [3.63, 3.8) is 0 Å². The molecule has 218 valence electrons. The van der Waals surface area contributed by atoms with Gasteiger partial charge in [0.25, 0.3) is 0 Å². The van der Waals surface area contributed by atoms with Gasteiger partial charge in [0.15, 0.2) is 17.7 Å². The molecule has 2 aliphatic rings. The summed E-state index contributed by atoms with van der Waals surface area (Å²) < 4.78 is 33.3. The standard InChI is InChI=1S/C33H44FNO5/c1-10-38-32(37)31(40-33(7,8)9)29-20(5)23-15-27(36)35(16-18(2)3)17-25(23)21(6)28(29)24-14-26(34)30-22(19(24)4)12-11-13-39-30/h14,18,31H,10-13,15-17H2,1-9H3. The minimum absolute atomic E-state index is 0.0694. The van der Waals surface area contributed by atoms with Crippen LogP contribution in [0.3, 0.4) is 0 Å². The molecule has 0 aromatic heterocycles. The van der Waals surface area contributed by atoms with Gasteiger partial charge in [0.2, 0.25) is 5.91 Å². The topological polar surface area (TPSA) is 65.1 Å². The molecule has 2 heterocycles. The number of esters is 1. The Balaban J connectivity index is 2.07. The summed E-state index contributed by atoms with van der Waals surface area (Å²) in [6.45, 7) is 19.5. The number of carbonyl (C=O) groups is 2. The Morgan fingerprint density at radius 2 is 1.80 bits per heavy atom. The molecule has 0 radical (unpaired) electrons. The van der Waals surface area contributed by atoms with Crippen LogP contribution in [0.2, 0.25) is 0 Å². The third-order valence-corrected chi connectivity index (χ3v) is 7.87. The SMILES string of the molecule is CCOC(=O)C(OC(C)(C)C)c1c(C)c2c(c(C)c1-c1cc(F)c3c(c1C)CCCO3)CN(CC(C)C)C(=O)C2. The lowest BCUT2D eigenvalue weighted by atomic mass is 9.78.